The average Bonchev–Trinajstić information content (AvgIpc) is 3.36. The fourth-order valence-electron chi connectivity index (χ4n) is 3.50. The highest BCUT2D eigenvalue weighted by Crippen LogP contribution is 2.26. The molecule has 1 aromatic heterocycles. The van der Waals surface area contributed by atoms with Gasteiger partial charge in [-0.2, -0.15) is 0 Å². The van der Waals surface area contributed by atoms with E-state index in [4.69, 9.17) is 4.42 Å². The third kappa shape index (κ3) is 4.06. The molecule has 9 heteroatoms. The van der Waals surface area contributed by atoms with Crippen molar-refractivity contribution in [3.63, 3.8) is 0 Å². The summed E-state index contributed by atoms with van der Waals surface area (Å²) >= 11 is 0. The molecule has 164 valence electrons. The number of hydrogen-bond acceptors (Lipinski definition) is 6. The lowest BCUT2D eigenvalue weighted by Gasteiger charge is -2.15. The first-order valence-electron chi connectivity index (χ1n) is 9.78. The first kappa shape index (κ1) is 21.5. The van der Waals surface area contributed by atoms with E-state index in [-0.39, 0.29) is 28.1 Å². The number of nitrogens with one attached hydrogen (secondary N) is 1. The molecule has 2 heterocycles. The summed E-state index contributed by atoms with van der Waals surface area (Å²) in [6.07, 6.45) is 2.59. The first-order chi connectivity index (χ1) is 15.1. The van der Waals surface area contributed by atoms with Crippen LogP contribution in [0.15, 0.2) is 70.2 Å². The maximum atomic E-state index is 12.7. The number of hydrogen-bond donors (Lipinski definition) is 1. The molecule has 3 amide bonds. The molecule has 32 heavy (non-hydrogen) atoms. The van der Waals surface area contributed by atoms with Crippen LogP contribution in [0.4, 0.5) is 0 Å². The lowest BCUT2D eigenvalue weighted by atomic mass is 10.0. The van der Waals surface area contributed by atoms with E-state index < -0.39 is 33.6 Å². The van der Waals surface area contributed by atoms with E-state index in [0.29, 0.717) is 5.76 Å². The zero-order valence-electron chi connectivity index (χ0n) is 17.4. The monoisotopic (exact) mass is 452 g/mol. The van der Waals surface area contributed by atoms with Crippen molar-refractivity contribution in [3.8, 4) is 0 Å². The first-order valence-corrected chi connectivity index (χ1v) is 11.7. The van der Waals surface area contributed by atoms with Crippen molar-refractivity contribution in [2.45, 2.75) is 24.4 Å². The second-order valence-electron chi connectivity index (χ2n) is 7.57. The molecule has 0 saturated heterocycles. The minimum Gasteiger partial charge on any atom is -0.467 e. The maximum absolute atomic E-state index is 12.7. The Morgan fingerprint density at radius 1 is 1.03 bits per heavy atom. The van der Waals surface area contributed by atoms with Gasteiger partial charge in [0.05, 0.1) is 34.9 Å². The van der Waals surface area contributed by atoms with Crippen LogP contribution < -0.4 is 5.32 Å². The quantitative estimate of drug-likeness (QED) is 0.575. The fraction of sp³-hybridized carbons (Fsp3) is 0.174. The molecule has 8 nitrogen and oxygen atoms in total. The summed E-state index contributed by atoms with van der Waals surface area (Å²) in [6.45, 7) is 1.78. The van der Waals surface area contributed by atoms with Gasteiger partial charge in [-0.25, -0.2) is 8.42 Å². The highest BCUT2D eigenvalue weighted by Gasteiger charge is 2.36. The molecule has 1 atom stereocenters. The van der Waals surface area contributed by atoms with E-state index in [0.717, 1.165) is 16.7 Å². The summed E-state index contributed by atoms with van der Waals surface area (Å²) in [5.74, 6) is -0.862. The molecule has 3 aromatic rings. The Hall–Kier alpha value is -3.72. The molecule has 0 fully saturated rings. The van der Waals surface area contributed by atoms with Crippen molar-refractivity contribution in [1.82, 2.24) is 10.2 Å². The summed E-state index contributed by atoms with van der Waals surface area (Å²) < 4.78 is 28.4. The number of benzene rings is 2. The van der Waals surface area contributed by atoms with Crippen LogP contribution in [0.1, 0.15) is 55.4 Å². The van der Waals surface area contributed by atoms with E-state index in [1.54, 1.807) is 31.2 Å². The van der Waals surface area contributed by atoms with Crippen molar-refractivity contribution in [2.24, 2.45) is 0 Å². The van der Waals surface area contributed by atoms with Gasteiger partial charge in [-0.3, -0.25) is 19.3 Å². The summed E-state index contributed by atoms with van der Waals surface area (Å²) in [5, 5.41) is 2.82. The molecule has 4 rings (SSSR count). The molecule has 0 aliphatic carbocycles. The van der Waals surface area contributed by atoms with Crippen LogP contribution in [0.25, 0.3) is 0 Å². The molecule has 0 saturated carbocycles. The van der Waals surface area contributed by atoms with E-state index in [2.05, 4.69) is 5.32 Å². The van der Waals surface area contributed by atoms with Gasteiger partial charge < -0.3 is 9.73 Å². The Morgan fingerprint density at radius 3 is 2.34 bits per heavy atom. The average molecular weight is 452 g/mol. The predicted octanol–water partition coefficient (Wildman–Crippen LogP) is 2.97. The van der Waals surface area contributed by atoms with Crippen LogP contribution in [0, 0.1) is 0 Å². The van der Waals surface area contributed by atoms with Crippen LogP contribution >= 0.6 is 0 Å². The highest BCUT2D eigenvalue weighted by molar-refractivity contribution is 7.90. The SMILES string of the molecule is C[C@@H](NC(=O)c1ccc2c(c1)C(=O)N(Cc1ccco1)C2=O)c1ccc(S(C)(=O)=O)cc1. The van der Waals surface area contributed by atoms with E-state index in [1.807, 2.05) is 0 Å². The second kappa shape index (κ2) is 8.08. The fourth-order valence-corrected chi connectivity index (χ4v) is 4.13. The Kier molecular flexibility index (Phi) is 5.43. The molecule has 1 aliphatic heterocycles. The van der Waals surface area contributed by atoms with Crippen molar-refractivity contribution in [3.05, 3.63) is 88.9 Å². The molecule has 0 radical (unpaired) electrons. The van der Waals surface area contributed by atoms with Gasteiger partial charge in [0.1, 0.15) is 5.76 Å². The Labute approximate surface area is 184 Å². The smallest absolute Gasteiger partial charge is 0.261 e. The minimum absolute atomic E-state index is 0.0153. The number of imide groups is 1. The predicted molar refractivity (Wildman–Crippen MR) is 115 cm³/mol. The van der Waals surface area contributed by atoms with Gasteiger partial charge in [0.15, 0.2) is 9.84 Å². The normalized spacial score (nSPS) is 14.4. The summed E-state index contributed by atoms with van der Waals surface area (Å²) in [4.78, 5) is 39.4. The van der Waals surface area contributed by atoms with Crippen LogP contribution in [0.2, 0.25) is 0 Å². The number of fused-ring (bicyclic) bond motifs is 1. The summed E-state index contributed by atoms with van der Waals surface area (Å²) in [6, 6.07) is 13.6. The summed E-state index contributed by atoms with van der Waals surface area (Å²) in [7, 11) is -3.30. The largest absolute Gasteiger partial charge is 0.467 e. The van der Waals surface area contributed by atoms with E-state index >= 15 is 0 Å². The maximum Gasteiger partial charge on any atom is 0.261 e. The number of nitrogens with zero attached hydrogens (tertiary/aromatic N) is 1. The minimum atomic E-state index is -3.30. The lowest BCUT2D eigenvalue weighted by Crippen LogP contribution is -2.29. The van der Waals surface area contributed by atoms with Crippen molar-refractivity contribution >= 4 is 27.6 Å². The zero-order chi connectivity index (χ0) is 23.0. The van der Waals surface area contributed by atoms with Gasteiger partial charge in [0, 0.05) is 11.8 Å². The number of carbonyl (C=O) groups excluding carboxylic acids is 3. The van der Waals surface area contributed by atoms with Crippen molar-refractivity contribution < 1.29 is 27.2 Å². The van der Waals surface area contributed by atoms with Crippen LogP contribution in [0.5, 0.6) is 0 Å². The molecule has 1 aliphatic rings. The van der Waals surface area contributed by atoms with Crippen molar-refractivity contribution in [2.75, 3.05) is 6.26 Å². The van der Waals surface area contributed by atoms with E-state index in [9.17, 15) is 22.8 Å². The third-order valence-corrected chi connectivity index (χ3v) is 6.41. The Balaban J connectivity index is 1.50. The third-order valence-electron chi connectivity index (χ3n) is 5.28. The Morgan fingerprint density at radius 2 is 1.72 bits per heavy atom. The molecule has 2 aromatic carbocycles. The molecule has 1 N–H and O–H groups in total. The van der Waals surface area contributed by atoms with Crippen LogP contribution in [-0.4, -0.2) is 37.3 Å². The lowest BCUT2D eigenvalue weighted by molar-refractivity contribution is 0.0631. The number of carbonyl (C=O) groups is 3. The number of furan rings is 1. The van der Waals surface area contributed by atoms with Gasteiger partial charge in [-0.05, 0) is 55.0 Å². The number of sulfone groups is 1. The molecular weight excluding hydrogens is 432 g/mol. The molecule has 0 unspecified atom stereocenters. The van der Waals surface area contributed by atoms with Crippen LogP contribution in [-0.2, 0) is 16.4 Å². The van der Waals surface area contributed by atoms with Gasteiger partial charge in [-0.1, -0.05) is 12.1 Å². The van der Waals surface area contributed by atoms with Gasteiger partial charge in [0.25, 0.3) is 17.7 Å². The van der Waals surface area contributed by atoms with Crippen molar-refractivity contribution in [1.29, 1.82) is 0 Å². The topological polar surface area (TPSA) is 114 Å². The molecule has 0 spiro atoms. The van der Waals surface area contributed by atoms with Gasteiger partial charge >= 0.3 is 0 Å². The van der Waals surface area contributed by atoms with Gasteiger partial charge in [0.2, 0.25) is 0 Å². The van der Waals surface area contributed by atoms with Gasteiger partial charge in [-0.15, -0.1) is 0 Å². The van der Waals surface area contributed by atoms with E-state index in [1.165, 1.54) is 36.6 Å². The summed E-state index contributed by atoms with van der Waals surface area (Å²) in [5.41, 5.74) is 1.37. The van der Waals surface area contributed by atoms with Crippen LogP contribution in [0.3, 0.4) is 0 Å². The second-order valence-corrected chi connectivity index (χ2v) is 9.59. The number of amides is 3. The molecule has 0 bridgehead atoms. The Bertz CT molecular complexity index is 1310. The standard InChI is InChI=1S/C23H20N2O6S/c1-14(15-5-8-18(9-6-15)32(2,29)30)24-21(26)16-7-10-19-20(12-16)23(28)25(22(19)27)13-17-4-3-11-31-17/h3-12,14H,13H2,1-2H3,(H,24,26)/t14-/m1/s1. The highest BCUT2D eigenvalue weighted by atomic mass is 32.2. The zero-order valence-corrected chi connectivity index (χ0v) is 18.2. The molecular formula is C23H20N2O6S. The number of rotatable bonds is 6.